The smallest absolute Gasteiger partial charge is 0.348 e. The van der Waals surface area contributed by atoms with Crippen molar-refractivity contribution in [2.24, 2.45) is 0 Å². The van der Waals surface area contributed by atoms with E-state index in [2.05, 4.69) is 0 Å². The lowest BCUT2D eigenvalue weighted by Gasteiger charge is -2.10. The van der Waals surface area contributed by atoms with Crippen molar-refractivity contribution in [1.82, 2.24) is 0 Å². The summed E-state index contributed by atoms with van der Waals surface area (Å²) in [6, 6.07) is 11.4. The summed E-state index contributed by atoms with van der Waals surface area (Å²) in [6.45, 7) is 3.90. The Kier molecular flexibility index (Phi) is 9.13. The average Bonchev–Trinajstić information content (AvgIpc) is 2.73. The molecule has 6 nitrogen and oxygen atoms in total. The molecule has 0 amide bonds. The fraction of sp³-hybridized carbons (Fsp3) is 0.174. The number of hydrogen-bond acceptors (Lipinski definition) is 6. The van der Waals surface area contributed by atoms with Crippen LogP contribution in [-0.2, 0) is 14.3 Å². The highest BCUT2D eigenvalue weighted by atomic mass is 35.5. The van der Waals surface area contributed by atoms with Crippen LogP contribution < -0.4 is 9.47 Å². The van der Waals surface area contributed by atoms with Crippen LogP contribution in [-0.4, -0.2) is 25.2 Å². The van der Waals surface area contributed by atoms with Gasteiger partial charge < -0.3 is 14.2 Å². The molecule has 2 aromatic rings. The quantitative estimate of drug-likeness (QED) is 0.224. The molecule has 0 N–H and O–H groups in total. The molecule has 0 atom stereocenters. The minimum atomic E-state index is -0.718. The molecule has 2 rings (SSSR count). The van der Waals surface area contributed by atoms with Crippen molar-refractivity contribution in [3.8, 4) is 17.6 Å². The summed E-state index contributed by atoms with van der Waals surface area (Å²) in [6.07, 6.45) is 4.11. The largest absolute Gasteiger partial charge is 0.490 e. The molecule has 0 aliphatic heterocycles. The highest BCUT2D eigenvalue weighted by molar-refractivity contribution is 6.35. The van der Waals surface area contributed by atoms with Crippen molar-refractivity contribution in [2.45, 2.75) is 13.8 Å². The number of esters is 2. The van der Waals surface area contributed by atoms with Crippen LogP contribution in [0.5, 0.6) is 11.5 Å². The van der Waals surface area contributed by atoms with E-state index in [9.17, 15) is 14.9 Å². The van der Waals surface area contributed by atoms with Gasteiger partial charge in [0.25, 0.3) is 0 Å². The molecular formula is C23H19Cl2NO5. The van der Waals surface area contributed by atoms with Crippen LogP contribution in [0.15, 0.2) is 48.0 Å². The number of carbonyl (C=O) groups is 2. The fourth-order valence-corrected chi connectivity index (χ4v) is 2.89. The Morgan fingerprint density at radius 3 is 2.48 bits per heavy atom. The Balaban J connectivity index is 2.22. The highest BCUT2D eigenvalue weighted by Gasteiger charge is 2.13. The molecule has 31 heavy (non-hydrogen) atoms. The van der Waals surface area contributed by atoms with Crippen molar-refractivity contribution in [2.75, 3.05) is 13.2 Å². The van der Waals surface area contributed by atoms with Gasteiger partial charge in [-0.2, -0.15) is 5.26 Å². The van der Waals surface area contributed by atoms with Crippen LogP contribution in [0.4, 0.5) is 0 Å². The highest BCUT2D eigenvalue weighted by Crippen LogP contribution is 2.30. The van der Waals surface area contributed by atoms with Crippen molar-refractivity contribution in [1.29, 1.82) is 5.26 Å². The first-order chi connectivity index (χ1) is 14.9. The van der Waals surface area contributed by atoms with Crippen molar-refractivity contribution in [3.63, 3.8) is 0 Å². The lowest BCUT2D eigenvalue weighted by molar-refractivity contribution is -0.138. The number of nitriles is 1. The Labute approximate surface area is 190 Å². The van der Waals surface area contributed by atoms with E-state index < -0.39 is 11.9 Å². The third kappa shape index (κ3) is 7.18. The topological polar surface area (TPSA) is 85.6 Å². The molecule has 0 spiro atoms. The monoisotopic (exact) mass is 459 g/mol. The normalized spacial score (nSPS) is 11.1. The third-order valence-corrected chi connectivity index (χ3v) is 4.33. The van der Waals surface area contributed by atoms with Gasteiger partial charge in [0.05, 0.1) is 13.2 Å². The number of carbonyl (C=O) groups excluding carboxylic acids is 2. The van der Waals surface area contributed by atoms with E-state index in [-0.39, 0.29) is 23.7 Å². The van der Waals surface area contributed by atoms with Crippen LogP contribution in [0, 0.1) is 11.3 Å². The first-order valence-corrected chi connectivity index (χ1v) is 10.0. The maximum absolute atomic E-state index is 12.2. The lowest BCUT2D eigenvalue weighted by Crippen LogP contribution is -2.07. The molecule has 0 aromatic heterocycles. The number of hydrogen-bond donors (Lipinski definition) is 0. The second kappa shape index (κ2) is 11.8. The van der Waals surface area contributed by atoms with Gasteiger partial charge in [0, 0.05) is 16.1 Å². The zero-order valence-electron chi connectivity index (χ0n) is 16.9. The van der Waals surface area contributed by atoms with Crippen LogP contribution in [0.25, 0.3) is 12.2 Å². The van der Waals surface area contributed by atoms with Gasteiger partial charge in [0.1, 0.15) is 11.6 Å². The van der Waals surface area contributed by atoms with E-state index in [0.717, 1.165) is 0 Å². The van der Waals surface area contributed by atoms with Gasteiger partial charge in [-0.15, -0.1) is 0 Å². The molecule has 0 aliphatic rings. The minimum absolute atomic E-state index is 0.156. The predicted molar refractivity (Wildman–Crippen MR) is 119 cm³/mol. The Bertz CT molecular complexity index is 1070. The molecule has 0 aliphatic carbocycles. The Morgan fingerprint density at radius 2 is 1.84 bits per heavy atom. The maximum atomic E-state index is 12.2. The van der Waals surface area contributed by atoms with Crippen LogP contribution in [0.3, 0.4) is 0 Å². The SMILES string of the molecule is CCOC(=O)/C(C#N)=C/c1ccc(OC(=O)/C=C/c2ccc(Cl)cc2Cl)c(OCC)c1. The Hall–Kier alpha value is -3.27. The standard InChI is InChI=1S/C23H19Cl2NO5/c1-3-29-21-12-15(11-17(14-26)23(28)30-4-2)5-9-20(21)31-22(27)10-7-16-6-8-18(24)13-19(16)25/h5-13H,3-4H2,1-2H3/b10-7+,17-11+. The van der Waals surface area contributed by atoms with Crippen LogP contribution in [0.2, 0.25) is 10.0 Å². The van der Waals surface area contributed by atoms with Gasteiger partial charge in [-0.05, 0) is 61.4 Å². The molecule has 0 bridgehead atoms. The molecule has 0 radical (unpaired) electrons. The van der Waals surface area contributed by atoms with Crippen LogP contribution >= 0.6 is 23.2 Å². The second-order valence-electron chi connectivity index (χ2n) is 5.95. The predicted octanol–water partition coefficient (Wildman–Crippen LogP) is 5.48. The number of rotatable bonds is 8. The summed E-state index contributed by atoms with van der Waals surface area (Å²) in [5.41, 5.74) is 0.963. The third-order valence-electron chi connectivity index (χ3n) is 3.77. The number of halogens is 2. The molecule has 0 saturated carbocycles. The van der Waals surface area contributed by atoms with Crippen molar-refractivity contribution in [3.05, 3.63) is 69.2 Å². The summed E-state index contributed by atoms with van der Waals surface area (Å²) in [4.78, 5) is 24.0. The van der Waals surface area contributed by atoms with E-state index in [4.69, 9.17) is 37.4 Å². The van der Waals surface area contributed by atoms with E-state index in [1.807, 2.05) is 0 Å². The average molecular weight is 460 g/mol. The minimum Gasteiger partial charge on any atom is -0.490 e. The number of benzene rings is 2. The zero-order valence-corrected chi connectivity index (χ0v) is 18.4. The van der Waals surface area contributed by atoms with Gasteiger partial charge in [-0.3, -0.25) is 0 Å². The van der Waals surface area contributed by atoms with Gasteiger partial charge in [-0.25, -0.2) is 9.59 Å². The first kappa shape index (κ1) is 24.0. The molecule has 0 saturated heterocycles. The van der Waals surface area contributed by atoms with Gasteiger partial charge in [-0.1, -0.05) is 35.3 Å². The van der Waals surface area contributed by atoms with E-state index >= 15 is 0 Å². The zero-order chi connectivity index (χ0) is 22.8. The lowest BCUT2D eigenvalue weighted by atomic mass is 10.1. The summed E-state index contributed by atoms with van der Waals surface area (Å²) < 4.78 is 15.7. The number of nitrogens with zero attached hydrogens (tertiary/aromatic N) is 1. The molecule has 2 aromatic carbocycles. The van der Waals surface area contributed by atoms with Crippen LogP contribution in [0.1, 0.15) is 25.0 Å². The first-order valence-electron chi connectivity index (χ1n) is 9.28. The summed E-state index contributed by atoms with van der Waals surface area (Å²) in [5, 5.41) is 10.1. The molecule has 0 fully saturated rings. The van der Waals surface area contributed by atoms with Crippen molar-refractivity contribution < 1.29 is 23.8 Å². The fourth-order valence-electron chi connectivity index (χ4n) is 2.42. The Morgan fingerprint density at radius 1 is 1.06 bits per heavy atom. The van der Waals surface area contributed by atoms with Crippen molar-refractivity contribution >= 4 is 47.3 Å². The molecule has 8 heteroatoms. The van der Waals surface area contributed by atoms with E-state index in [1.165, 1.54) is 24.3 Å². The maximum Gasteiger partial charge on any atom is 0.348 e. The second-order valence-corrected chi connectivity index (χ2v) is 6.79. The summed E-state index contributed by atoms with van der Waals surface area (Å²) in [7, 11) is 0. The molecule has 0 heterocycles. The van der Waals surface area contributed by atoms with E-state index in [0.29, 0.717) is 27.8 Å². The van der Waals surface area contributed by atoms with Gasteiger partial charge >= 0.3 is 11.9 Å². The summed E-state index contributed by atoms with van der Waals surface area (Å²) in [5.74, 6) is -0.891. The molecule has 0 unspecified atom stereocenters. The van der Waals surface area contributed by atoms with Gasteiger partial charge in [0.15, 0.2) is 11.5 Å². The summed E-state index contributed by atoms with van der Waals surface area (Å²) >= 11 is 11.9. The molecule has 160 valence electrons. The number of ether oxygens (including phenoxy) is 3. The van der Waals surface area contributed by atoms with Gasteiger partial charge in [0.2, 0.25) is 0 Å². The molecular weight excluding hydrogens is 441 g/mol. The van der Waals surface area contributed by atoms with E-state index in [1.54, 1.807) is 50.2 Å².